The Morgan fingerprint density at radius 3 is 2.61 bits per heavy atom. The molecule has 1 saturated carbocycles. The molecule has 7 nitrogen and oxygen atoms in total. The molecular weight excluding hydrogens is 442 g/mol. The van der Waals surface area contributed by atoms with Gasteiger partial charge in [-0.25, -0.2) is 32.2 Å². The largest absolute Gasteiger partial charge is 0.307 e. The molecule has 0 saturated heterocycles. The molecule has 33 heavy (non-hydrogen) atoms. The van der Waals surface area contributed by atoms with E-state index in [1.807, 2.05) is 0 Å². The number of carbonyl (C=O) groups excluding carboxylic acids is 1. The molecule has 1 aromatic carbocycles. The standard InChI is InChI=1S/C22H19F4N5O2/c1-11(2)20-15(12-3-13(5-14(23)4-12)16-7-22(16,25)26)6-19(33)31(30-20)9-18(32)29-21-17(24)8-27-10-28-21/h3-6,8,10-11,16H,7,9H2,1-2H3,(H,27,28,29,32). The lowest BCUT2D eigenvalue weighted by Gasteiger charge is -2.15. The van der Waals surface area contributed by atoms with E-state index < -0.39 is 41.5 Å². The molecule has 2 aromatic heterocycles. The summed E-state index contributed by atoms with van der Waals surface area (Å²) in [5.74, 6) is -6.80. The Bertz CT molecular complexity index is 1290. The first kappa shape index (κ1) is 22.6. The van der Waals surface area contributed by atoms with E-state index in [0.29, 0.717) is 11.3 Å². The summed E-state index contributed by atoms with van der Waals surface area (Å²) in [5.41, 5.74) is 0.393. The molecule has 0 bridgehead atoms. The van der Waals surface area contributed by atoms with Crippen LogP contribution in [0.5, 0.6) is 0 Å². The monoisotopic (exact) mass is 461 g/mol. The Labute approximate surface area is 185 Å². The van der Waals surface area contributed by atoms with Crippen molar-refractivity contribution in [2.45, 2.75) is 44.6 Å². The van der Waals surface area contributed by atoms with Gasteiger partial charge in [-0.05, 0) is 29.2 Å². The van der Waals surface area contributed by atoms with Crippen LogP contribution in [0.15, 0.2) is 41.6 Å². The first-order valence-corrected chi connectivity index (χ1v) is 10.1. The van der Waals surface area contributed by atoms with Gasteiger partial charge in [-0.1, -0.05) is 19.9 Å². The Kier molecular flexibility index (Phi) is 5.73. The predicted octanol–water partition coefficient (Wildman–Crippen LogP) is 3.86. The van der Waals surface area contributed by atoms with Gasteiger partial charge in [-0.15, -0.1) is 0 Å². The average molecular weight is 461 g/mol. The number of anilines is 1. The predicted molar refractivity (Wildman–Crippen MR) is 111 cm³/mol. The molecule has 1 aliphatic rings. The van der Waals surface area contributed by atoms with Crippen molar-refractivity contribution < 1.29 is 22.4 Å². The SMILES string of the molecule is CC(C)c1nn(CC(=O)Nc2ncncc2F)c(=O)cc1-c1cc(F)cc(C2CC2(F)F)c1. The first-order chi connectivity index (χ1) is 15.5. The zero-order valence-electron chi connectivity index (χ0n) is 17.7. The minimum Gasteiger partial charge on any atom is -0.307 e. The minimum atomic E-state index is -2.87. The van der Waals surface area contributed by atoms with Crippen molar-refractivity contribution >= 4 is 11.7 Å². The molecule has 1 unspecified atom stereocenters. The normalized spacial score (nSPS) is 16.6. The molecular formula is C22H19F4N5O2. The highest BCUT2D eigenvalue weighted by molar-refractivity contribution is 5.89. The van der Waals surface area contributed by atoms with Gasteiger partial charge >= 0.3 is 0 Å². The van der Waals surface area contributed by atoms with Crippen LogP contribution in [0, 0.1) is 11.6 Å². The van der Waals surface area contributed by atoms with E-state index in [2.05, 4.69) is 20.4 Å². The Morgan fingerprint density at radius 2 is 1.97 bits per heavy atom. The van der Waals surface area contributed by atoms with Crippen LogP contribution in [-0.4, -0.2) is 31.6 Å². The maximum absolute atomic E-state index is 14.2. The number of halogens is 4. The third kappa shape index (κ3) is 4.76. The number of alkyl halides is 2. The lowest BCUT2D eigenvalue weighted by Crippen LogP contribution is -2.31. The summed E-state index contributed by atoms with van der Waals surface area (Å²) in [7, 11) is 0. The number of hydrogen-bond acceptors (Lipinski definition) is 5. The fraction of sp³-hybridized carbons (Fsp3) is 0.318. The molecule has 1 N–H and O–H groups in total. The molecule has 1 fully saturated rings. The lowest BCUT2D eigenvalue weighted by molar-refractivity contribution is -0.117. The summed E-state index contributed by atoms with van der Waals surface area (Å²) in [4.78, 5) is 32.1. The summed E-state index contributed by atoms with van der Waals surface area (Å²) in [5, 5.41) is 6.48. The third-order valence-corrected chi connectivity index (χ3v) is 5.25. The topological polar surface area (TPSA) is 89.8 Å². The van der Waals surface area contributed by atoms with Crippen LogP contribution >= 0.6 is 0 Å². The van der Waals surface area contributed by atoms with E-state index in [0.717, 1.165) is 29.3 Å². The highest BCUT2D eigenvalue weighted by Gasteiger charge is 2.57. The van der Waals surface area contributed by atoms with Gasteiger partial charge in [0, 0.05) is 18.1 Å². The van der Waals surface area contributed by atoms with Crippen LogP contribution in [0.2, 0.25) is 0 Å². The maximum Gasteiger partial charge on any atom is 0.267 e. The van der Waals surface area contributed by atoms with Gasteiger partial charge in [-0.2, -0.15) is 5.10 Å². The van der Waals surface area contributed by atoms with Crippen molar-refractivity contribution in [3.63, 3.8) is 0 Å². The summed E-state index contributed by atoms with van der Waals surface area (Å²) in [6, 6.07) is 4.84. The van der Waals surface area contributed by atoms with Gasteiger partial charge in [0.15, 0.2) is 11.6 Å². The van der Waals surface area contributed by atoms with E-state index in [1.54, 1.807) is 13.8 Å². The van der Waals surface area contributed by atoms with Gasteiger partial charge in [0.25, 0.3) is 11.5 Å². The summed E-state index contributed by atoms with van der Waals surface area (Å²) >= 11 is 0. The zero-order chi connectivity index (χ0) is 23.9. The quantitative estimate of drug-likeness (QED) is 0.563. The van der Waals surface area contributed by atoms with Gasteiger partial charge in [0.1, 0.15) is 18.7 Å². The highest BCUT2D eigenvalue weighted by atomic mass is 19.3. The summed E-state index contributed by atoms with van der Waals surface area (Å²) in [6.07, 6.45) is 1.58. The van der Waals surface area contributed by atoms with Crippen molar-refractivity contribution in [2.75, 3.05) is 5.32 Å². The van der Waals surface area contributed by atoms with Gasteiger partial charge in [0.2, 0.25) is 5.91 Å². The number of nitrogens with zero attached hydrogens (tertiary/aromatic N) is 4. The first-order valence-electron chi connectivity index (χ1n) is 10.1. The molecule has 11 heteroatoms. The van der Waals surface area contributed by atoms with Crippen LogP contribution in [0.25, 0.3) is 11.1 Å². The maximum atomic E-state index is 14.2. The van der Waals surface area contributed by atoms with Crippen molar-refractivity contribution in [3.8, 4) is 11.1 Å². The molecule has 0 spiro atoms. The highest BCUT2D eigenvalue weighted by Crippen LogP contribution is 2.56. The van der Waals surface area contributed by atoms with Gasteiger partial charge in [0.05, 0.1) is 17.8 Å². The third-order valence-electron chi connectivity index (χ3n) is 5.25. The molecule has 4 rings (SSSR count). The fourth-order valence-corrected chi connectivity index (χ4v) is 3.53. The van der Waals surface area contributed by atoms with Crippen molar-refractivity contribution in [3.05, 3.63) is 70.0 Å². The molecule has 3 aromatic rings. The van der Waals surface area contributed by atoms with E-state index in [1.165, 1.54) is 12.1 Å². The van der Waals surface area contributed by atoms with Crippen LogP contribution in [0.3, 0.4) is 0 Å². The number of hydrogen-bond donors (Lipinski definition) is 1. The Balaban J connectivity index is 1.67. The second kappa shape index (κ2) is 8.38. The van der Waals surface area contributed by atoms with Crippen molar-refractivity contribution in [1.29, 1.82) is 0 Å². The van der Waals surface area contributed by atoms with E-state index in [4.69, 9.17) is 0 Å². The second-order valence-corrected chi connectivity index (χ2v) is 8.15. The second-order valence-electron chi connectivity index (χ2n) is 8.15. The molecule has 0 aliphatic heterocycles. The number of rotatable bonds is 6. The number of amides is 1. The van der Waals surface area contributed by atoms with Crippen LogP contribution < -0.4 is 10.9 Å². The molecule has 2 heterocycles. The van der Waals surface area contributed by atoms with Crippen LogP contribution in [0.1, 0.15) is 43.4 Å². The molecule has 172 valence electrons. The minimum absolute atomic E-state index is 0.153. The number of nitrogens with one attached hydrogen (secondary N) is 1. The zero-order valence-corrected chi connectivity index (χ0v) is 17.7. The van der Waals surface area contributed by atoms with Crippen LogP contribution in [0.4, 0.5) is 23.4 Å². The number of carbonyl (C=O) groups is 1. The average Bonchev–Trinajstić information content (AvgIpc) is 3.38. The Hall–Kier alpha value is -3.63. The molecule has 1 aliphatic carbocycles. The molecule has 1 atom stereocenters. The smallest absolute Gasteiger partial charge is 0.267 e. The Morgan fingerprint density at radius 1 is 1.24 bits per heavy atom. The number of aromatic nitrogens is 4. The number of benzene rings is 1. The molecule has 1 amide bonds. The van der Waals surface area contributed by atoms with Gasteiger partial charge < -0.3 is 5.32 Å². The van der Waals surface area contributed by atoms with E-state index >= 15 is 0 Å². The molecule has 0 radical (unpaired) electrons. The van der Waals surface area contributed by atoms with Crippen molar-refractivity contribution in [1.82, 2.24) is 19.7 Å². The van der Waals surface area contributed by atoms with Crippen molar-refractivity contribution in [2.24, 2.45) is 0 Å². The van der Waals surface area contributed by atoms with Gasteiger partial charge in [-0.3, -0.25) is 9.59 Å². The summed E-state index contributed by atoms with van der Waals surface area (Å²) < 4.78 is 55.8. The fourth-order valence-electron chi connectivity index (χ4n) is 3.53. The lowest BCUT2D eigenvalue weighted by atomic mass is 9.96. The van der Waals surface area contributed by atoms with E-state index in [-0.39, 0.29) is 29.3 Å². The summed E-state index contributed by atoms with van der Waals surface area (Å²) in [6.45, 7) is 3.05. The van der Waals surface area contributed by atoms with E-state index in [9.17, 15) is 27.2 Å². The van der Waals surface area contributed by atoms with Crippen LogP contribution in [-0.2, 0) is 11.3 Å².